The van der Waals surface area contributed by atoms with Crippen LogP contribution in [0.4, 0.5) is 34.1 Å². The van der Waals surface area contributed by atoms with E-state index in [0.29, 0.717) is 0 Å². The lowest BCUT2D eigenvalue weighted by Gasteiger charge is -2.29. The summed E-state index contributed by atoms with van der Waals surface area (Å²) in [4.78, 5) is 4.45. The van der Waals surface area contributed by atoms with Crippen molar-refractivity contribution in [1.82, 2.24) is 0 Å². The molecule has 6 aromatic rings. The van der Waals surface area contributed by atoms with Crippen LogP contribution in [-0.2, 0) is 39.3 Å². The third kappa shape index (κ3) is 7.33. The van der Waals surface area contributed by atoms with E-state index in [1.54, 1.807) is 0 Å². The van der Waals surface area contributed by atoms with E-state index in [9.17, 15) is 20.4 Å². The summed E-state index contributed by atoms with van der Waals surface area (Å²) in [5, 5.41) is 38.7. The van der Waals surface area contributed by atoms with E-state index >= 15 is 0 Å². The highest BCUT2D eigenvalue weighted by molar-refractivity contribution is 5.80. The number of benzene rings is 6. The Bertz CT molecular complexity index is 1670. The molecule has 0 fully saturated rings. The van der Waals surface area contributed by atoms with E-state index in [-0.39, 0.29) is 26.4 Å². The molecule has 6 rings (SSSR count). The largest absolute Gasteiger partial charge is 0.392 e. The van der Waals surface area contributed by atoms with Crippen LogP contribution >= 0.6 is 0 Å². The second-order valence-corrected chi connectivity index (χ2v) is 11.7. The number of nitrogens with zero attached hydrogens (tertiary/aromatic N) is 2. The second kappa shape index (κ2) is 15.6. The van der Waals surface area contributed by atoms with Gasteiger partial charge in [0.2, 0.25) is 0 Å². The molecule has 0 amide bonds. The zero-order valence-corrected chi connectivity index (χ0v) is 26.8. The smallest absolute Gasteiger partial charge is 0.0681 e. The van der Waals surface area contributed by atoms with Gasteiger partial charge in [-0.25, -0.2) is 0 Å². The van der Waals surface area contributed by atoms with E-state index in [4.69, 9.17) is 0 Å². The van der Waals surface area contributed by atoms with Crippen molar-refractivity contribution in [3.05, 3.63) is 179 Å². The highest BCUT2D eigenvalue weighted by atomic mass is 16.3. The SMILES string of the molecule is OCc1ccc(N(c2ccc(CO)cc2)c2ccccc2CCc2ccccc2N(c2ccc(CO)cc2)c2ccc(CO)cc2)cc1. The summed E-state index contributed by atoms with van der Waals surface area (Å²) < 4.78 is 0. The predicted octanol–water partition coefficient (Wildman–Crippen LogP) is 8.38. The summed E-state index contributed by atoms with van der Waals surface area (Å²) in [6.07, 6.45) is 1.54. The average molecular weight is 637 g/mol. The third-order valence-corrected chi connectivity index (χ3v) is 8.64. The molecule has 0 radical (unpaired) electrons. The van der Waals surface area contributed by atoms with Gasteiger partial charge in [-0.05, 0) is 107 Å². The van der Waals surface area contributed by atoms with Crippen LogP contribution in [0.1, 0.15) is 33.4 Å². The fourth-order valence-corrected chi connectivity index (χ4v) is 6.01. The normalized spacial score (nSPS) is 11.0. The van der Waals surface area contributed by atoms with Gasteiger partial charge in [-0.1, -0.05) is 84.9 Å². The Hall–Kier alpha value is -5.24. The third-order valence-electron chi connectivity index (χ3n) is 8.64. The van der Waals surface area contributed by atoms with Crippen molar-refractivity contribution in [2.24, 2.45) is 0 Å². The number of aliphatic hydroxyl groups is 4. The highest BCUT2D eigenvalue weighted by Gasteiger charge is 2.19. The summed E-state index contributed by atoms with van der Waals surface area (Å²) in [5.41, 5.74) is 11.7. The molecule has 0 bridgehead atoms. The Kier molecular flexibility index (Phi) is 10.6. The Morgan fingerprint density at radius 2 is 0.562 bits per heavy atom. The lowest BCUT2D eigenvalue weighted by molar-refractivity contribution is 0.281. The van der Waals surface area contributed by atoms with Crippen molar-refractivity contribution < 1.29 is 20.4 Å². The van der Waals surface area contributed by atoms with Gasteiger partial charge in [-0.2, -0.15) is 0 Å². The molecule has 0 unspecified atom stereocenters. The maximum atomic E-state index is 9.67. The first-order valence-electron chi connectivity index (χ1n) is 16.2. The number of aryl methyl sites for hydroxylation is 2. The van der Waals surface area contributed by atoms with Crippen LogP contribution in [0, 0.1) is 0 Å². The van der Waals surface area contributed by atoms with Gasteiger partial charge in [0, 0.05) is 34.1 Å². The molecule has 0 aliphatic rings. The molecule has 0 aliphatic heterocycles. The Balaban J connectivity index is 1.38. The maximum absolute atomic E-state index is 9.67. The van der Waals surface area contributed by atoms with Gasteiger partial charge in [0.05, 0.1) is 26.4 Å². The summed E-state index contributed by atoms with van der Waals surface area (Å²) in [5.74, 6) is 0. The first-order valence-corrected chi connectivity index (χ1v) is 16.2. The standard InChI is InChI=1S/C42H40N2O4/c45-27-31-9-19-37(20-10-31)43(38-21-11-32(28-46)12-22-38)41-7-3-1-5-35(41)17-18-36-6-2-4-8-42(36)44(39-23-13-33(29-47)14-24-39)40-25-15-34(30-48)16-26-40/h1-16,19-26,45-48H,17-18,27-30H2. The van der Waals surface area contributed by atoms with Crippen LogP contribution in [0.2, 0.25) is 0 Å². The van der Waals surface area contributed by atoms with Crippen LogP contribution in [0.3, 0.4) is 0 Å². The Morgan fingerprint density at radius 3 is 0.812 bits per heavy atom. The summed E-state index contributed by atoms with van der Waals surface area (Å²) in [6, 6.07) is 48.6. The molecule has 4 N–H and O–H groups in total. The Labute approximate surface area is 282 Å². The van der Waals surface area contributed by atoms with E-state index in [1.165, 1.54) is 11.1 Å². The van der Waals surface area contributed by atoms with Crippen LogP contribution in [0.5, 0.6) is 0 Å². The van der Waals surface area contributed by atoms with Gasteiger partial charge in [-0.3, -0.25) is 0 Å². The fraction of sp³-hybridized carbons (Fsp3) is 0.143. The maximum Gasteiger partial charge on any atom is 0.0681 e. The molecule has 0 saturated carbocycles. The molecular weight excluding hydrogens is 596 g/mol. The van der Waals surface area contributed by atoms with Crippen LogP contribution in [0.25, 0.3) is 0 Å². The summed E-state index contributed by atoms with van der Waals surface area (Å²) in [7, 11) is 0. The average Bonchev–Trinajstić information content (AvgIpc) is 3.16. The van der Waals surface area contributed by atoms with Crippen molar-refractivity contribution in [3.8, 4) is 0 Å². The number of hydrogen-bond donors (Lipinski definition) is 4. The predicted molar refractivity (Wildman–Crippen MR) is 193 cm³/mol. The lowest BCUT2D eigenvalue weighted by Crippen LogP contribution is -2.14. The first kappa shape index (κ1) is 32.7. The molecule has 0 saturated heterocycles. The first-order chi connectivity index (χ1) is 23.6. The zero-order chi connectivity index (χ0) is 33.3. The lowest BCUT2D eigenvalue weighted by atomic mass is 9.99. The van der Waals surface area contributed by atoms with Crippen molar-refractivity contribution in [3.63, 3.8) is 0 Å². The number of rotatable bonds is 13. The van der Waals surface area contributed by atoms with E-state index in [2.05, 4.69) is 58.3 Å². The topological polar surface area (TPSA) is 87.4 Å². The second-order valence-electron chi connectivity index (χ2n) is 11.7. The molecule has 242 valence electrons. The van der Waals surface area contributed by atoms with Crippen LogP contribution < -0.4 is 9.80 Å². The molecule has 0 heterocycles. The van der Waals surface area contributed by atoms with Gasteiger partial charge in [0.1, 0.15) is 0 Å². The van der Waals surface area contributed by atoms with Gasteiger partial charge in [0.15, 0.2) is 0 Å². The number of anilines is 6. The molecule has 0 spiro atoms. The fourth-order valence-electron chi connectivity index (χ4n) is 6.01. The molecular formula is C42H40N2O4. The molecule has 0 aliphatic carbocycles. The summed E-state index contributed by atoms with van der Waals surface area (Å²) in [6.45, 7) is -0.0728. The van der Waals surface area contributed by atoms with Crippen molar-refractivity contribution in [1.29, 1.82) is 0 Å². The number of para-hydroxylation sites is 2. The minimum absolute atomic E-state index is 0.0182. The van der Waals surface area contributed by atoms with Crippen LogP contribution in [-0.4, -0.2) is 20.4 Å². The highest BCUT2D eigenvalue weighted by Crippen LogP contribution is 2.40. The van der Waals surface area contributed by atoms with Gasteiger partial charge in [-0.15, -0.1) is 0 Å². The van der Waals surface area contributed by atoms with Crippen LogP contribution in [0.15, 0.2) is 146 Å². The quantitative estimate of drug-likeness (QED) is 0.102. The van der Waals surface area contributed by atoms with Crippen molar-refractivity contribution >= 4 is 34.1 Å². The minimum Gasteiger partial charge on any atom is -0.392 e. The van der Waals surface area contributed by atoms with E-state index in [1.807, 2.05) is 97.1 Å². The molecule has 48 heavy (non-hydrogen) atoms. The molecule has 0 aromatic heterocycles. The number of hydrogen-bond acceptors (Lipinski definition) is 6. The van der Waals surface area contributed by atoms with Gasteiger partial charge >= 0.3 is 0 Å². The zero-order valence-electron chi connectivity index (χ0n) is 26.8. The molecule has 6 nitrogen and oxygen atoms in total. The van der Waals surface area contributed by atoms with Crippen molar-refractivity contribution in [2.75, 3.05) is 9.80 Å². The van der Waals surface area contributed by atoms with Gasteiger partial charge in [0.25, 0.3) is 0 Å². The molecule has 6 heteroatoms. The minimum atomic E-state index is -0.0182. The van der Waals surface area contributed by atoms with Crippen molar-refractivity contribution in [2.45, 2.75) is 39.3 Å². The number of aliphatic hydroxyl groups excluding tert-OH is 4. The monoisotopic (exact) mass is 636 g/mol. The molecule has 0 atom stereocenters. The van der Waals surface area contributed by atoms with E-state index in [0.717, 1.165) is 69.2 Å². The Morgan fingerprint density at radius 1 is 0.312 bits per heavy atom. The van der Waals surface area contributed by atoms with E-state index < -0.39 is 0 Å². The summed E-state index contributed by atoms with van der Waals surface area (Å²) >= 11 is 0. The van der Waals surface area contributed by atoms with Gasteiger partial charge < -0.3 is 30.2 Å². The molecule has 6 aromatic carbocycles.